The Hall–Kier alpha value is -2.42. The van der Waals surface area contributed by atoms with Gasteiger partial charge in [-0.2, -0.15) is 4.31 Å². The van der Waals surface area contributed by atoms with Crippen LogP contribution in [0, 0.1) is 20.8 Å². The highest BCUT2D eigenvalue weighted by Crippen LogP contribution is 2.26. The van der Waals surface area contributed by atoms with E-state index in [1.807, 2.05) is 6.07 Å². The van der Waals surface area contributed by atoms with Crippen molar-refractivity contribution in [2.75, 3.05) is 51.3 Å². The molecule has 0 atom stereocenters. The lowest BCUT2D eigenvalue weighted by Gasteiger charge is -2.36. The second kappa shape index (κ2) is 9.80. The van der Waals surface area contributed by atoms with Crippen LogP contribution in [0.5, 0.6) is 0 Å². The maximum absolute atomic E-state index is 13.3. The van der Waals surface area contributed by atoms with Crippen molar-refractivity contribution in [3.63, 3.8) is 0 Å². The molecular formula is C23H31N3O4S. The summed E-state index contributed by atoms with van der Waals surface area (Å²) in [6.45, 7) is 8.79. The van der Waals surface area contributed by atoms with Gasteiger partial charge in [0.2, 0.25) is 10.0 Å². The normalized spacial score (nSPS) is 15.2. The molecule has 31 heavy (non-hydrogen) atoms. The molecule has 0 saturated carbocycles. The standard InChI is InChI=1S/C23H31N3O4S/c1-17-6-5-7-22(19(17)3)25-11-13-26(14-12-25)31(28,29)20-9-8-18(2)21(16-20)23(27)24-10-15-30-4/h5-9,16H,10-15H2,1-4H3,(H,24,27). The second-order valence-electron chi connectivity index (χ2n) is 7.84. The zero-order chi connectivity index (χ0) is 22.6. The van der Waals surface area contributed by atoms with Gasteiger partial charge in [0.05, 0.1) is 11.5 Å². The molecule has 0 radical (unpaired) electrons. The van der Waals surface area contributed by atoms with Crippen LogP contribution in [-0.4, -0.2) is 65.1 Å². The van der Waals surface area contributed by atoms with Crippen molar-refractivity contribution < 1.29 is 17.9 Å². The largest absolute Gasteiger partial charge is 0.383 e. The van der Waals surface area contributed by atoms with Gasteiger partial charge in [0.15, 0.2) is 0 Å². The van der Waals surface area contributed by atoms with Gasteiger partial charge in [0.1, 0.15) is 0 Å². The molecule has 0 aromatic heterocycles. The zero-order valence-electron chi connectivity index (χ0n) is 18.6. The first kappa shape index (κ1) is 23.2. The van der Waals surface area contributed by atoms with E-state index in [2.05, 4.69) is 36.2 Å². The Balaban J connectivity index is 1.74. The van der Waals surface area contributed by atoms with Gasteiger partial charge in [-0.25, -0.2) is 8.42 Å². The van der Waals surface area contributed by atoms with Crippen LogP contribution in [0.2, 0.25) is 0 Å². The lowest BCUT2D eigenvalue weighted by atomic mass is 10.1. The Morgan fingerprint density at radius 2 is 1.74 bits per heavy atom. The number of carbonyl (C=O) groups is 1. The zero-order valence-corrected chi connectivity index (χ0v) is 19.5. The summed E-state index contributed by atoms with van der Waals surface area (Å²) in [6, 6.07) is 10.9. The fraction of sp³-hybridized carbons (Fsp3) is 0.435. The quantitative estimate of drug-likeness (QED) is 0.663. The number of carbonyl (C=O) groups excluding carboxylic acids is 1. The van der Waals surface area contributed by atoms with Gasteiger partial charge in [-0.15, -0.1) is 0 Å². The molecule has 2 aromatic carbocycles. The van der Waals surface area contributed by atoms with E-state index in [1.165, 1.54) is 21.5 Å². The summed E-state index contributed by atoms with van der Waals surface area (Å²) in [7, 11) is -2.12. The molecule has 3 rings (SSSR count). The number of hydrogen-bond acceptors (Lipinski definition) is 5. The van der Waals surface area contributed by atoms with E-state index in [0.29, 0.717) is 44.9 Å². The van der Waals surface area contributed by atoms with E-state index in [9.17, 15) is 13.2 Å². The number of nitrogens with one attached hydrogen (secondary N) is 1. The Labute approximate surface area is 185 Å². The Kier molecular flexibility index (Phi) is 7.35. The summed E-state index contributed by atoms with van der Waals surface area (Å²) >= 11 is 0. The van der Waals surface area contributed by atoms with E-state index in [1.54, 1.807) is 26.2 Å². The van der Waals surface area contributed by atoms with Crippen LogP contribution in [0.4, 0.5) is 5.69 Å². The van der Waals surface area contributed by atoms with Crippen molar-refractivity contribution in [1.82, 2.24) is 9.62 Å². The van der Waals surface area contributed by atoms with Crippen molar-refractivity contribution in [1.29, 1.82) is 0 Å². The lowest BCUT2D eigenvalue weighted by molar-refractivity contribution is 0.0936. The van der Waals surface area contributed by atoms with Gasteiger partial charge in [-0.1, -0.05) is 18.2 Å². The summed E-state index contributed by atoms with van der Waals surface area (Å²) in [5.74, 6) is -0.300. The van der Waals surface area contributed by atoms with Crippen molar-refractivity contribution in [2.45, 2.75) is 25.7 Å². The number of nitrogens with zero attached hydrogens (tertiary/aromatic N) is 2. The molecule has 1 amide bonds. The molecule has 1 aliphatic rings. The summed E-state index contributed by atoms with van der Waals surface area (Å²) in [5, 5.41) is 2.75. The van der Waals surface area contributed by atoms with Crippen molar-refractivity contribution in [3.8, 4) is 0 Å². The molecule has 1 aliphatic heterocycles. The molecular weight excluding hydrogens is 414 g/mol. The van der Waals surface area contributed by atoms with E-state index < -0.39 is 10.0 Å². The Bertz CT molecular complexity index is 1040. The predicted molar refractivity (Wildman–Crippen MR) is 122 cm³/mol. The number of anilines is 1. The third-order valence-electron chi connectivity index (χ3n) is 5.84. The number of hydrogen-bond donors (Lipinski definition) is 1. The molecule has 1 saturated heterocycles. The second-order valence-corrected chi connectivity index (χ2v) is 9.77. The minimum atomic E-state index is -3.68. The number of aryl methyl sites for hydroxylation is 2. The number of rotatable bonds is 7. The van der Waals surface area contributed by atoms with Crippen LogP contribution < -0.4 is 10.2 Å². The van der Waals surface area contributed by atoms with Crippen LogP contribution >= 0.6 is 0 Å². The van der Waals surface area contributed by atoms with E-state index in [0.717, 1.165) is 11.3 Å². The minimum Gasteiger partial charge on any atom is -0.383 e. The van der Waals surface area contributed by atoms with Crippen LogP contribution in [0.15, 0.2) is 41.3 Å². The molecule has 8 heteroatoms. The highest BCUT2D eigenvalue weighted by atomic mass is 32.2. The Morgan fingerprint density at radius 1 is 1.03 bits per heavy atom. The van der Waals surface area contributed by atoms with Gasteiger partial charge in [-0.05, 0) is 55.7 Å². The van der Waals surface area contributed by atoms with Gasteiger partial charge >= 0.3 is 0 Å². The summed E-state index contributed by atoms with van der Waals surface area (Å²) in [6.07, 6.45) is 0. The topological polar surface area (TPSA) is 78.9 Å². The van der Waals surface area contributed by atoms with Gasteiger partial charge in [0, 0.05) is 51.1 Å². The number of sulfonamides is 1. The molecule has 0 unspecified atom stereocenters. The van der Waals surface area contributed by atoms with Crippen LogP contribution in [0.25, 0.3) is 0 Å². The first-order chi connectivity index (χ1) is 14.8. The van der Waals surface area contributed by atoms with Crippen molar-refractivity contribution in [2.24, 2.45) is 0 Å². The number of benzene rings is 2. The predicted octanol–water partition coefficient (Wildman–Crippen LogP) is 2.50. The third-order valence-corrected chi connectivity index (χ3v) is 7.73. The number of methoxy groups -OCH3 is 1. The maximum atomic E-state index is 13.3. The number of amides is 1. The van der Waals surface area contributed by atoms with E-state index in [4.69, 9.17) is 4.74 Å². The van der Waals surface area contributed by atoms with Crippen molar-refractivity contribution in [3.05, 3.63) is 58.7 Å². The smallest absolute Gasteiger partial charge is 0.251 e. The maximum Gasteiger partial charge on any atom is 0.251 e. The summed E-state index contributed by atoms with van der Waals surface area (Å²) in [4.78, 5) is 14.9. The van der Waals surface area contributed by atoms with E-state index in [-0.39, 0.29) is 10.8 Å². The van der Waals surface area contributed by atoms with Gasteiger partial charge in [0.25, 0.3) is 5.91 Å². The molecule has 1 heterocycles. The van der Waals surface area contributed by atoms with Crippen LogP contribution in [0.3, 0.4) is 0 Å². The average Bonchev–Trinajstić information content (AvgIpc) is 2.76. The van der Waals surface area contributed by atoms with Gasteiger partial charge < -0.3 is 15.0 Å². The highest BCUT2D eigenvalue weighted by molar-refractivity contribution is 7.89. The van der Waals surface area contributed by atoms with Crippen LogP contribution in [-0.2, 0) is 14.8 Å². The molecule has 2 aromatic rings. The summed E-state index contributed by atoms with van der Waals surface area (Å²) in [5.41, 5.74) is 4.70. The molecule has 1 N–H and O–H groups in total. The molecule has 0 aliphatic carbocycles. The fourth-order valence-electron chi connectivity index (χ4n) is 3.76. The first-order valence-electron chi connectivity index (χ1n) is 10.4. The molecule has 0 spiro atoms. The Morgan fingerprint density at radius 3 is 2.42 bits per heavy atom. The third kappa shape index (κ3) is 5.08. The fourth-order valence-corrected chi connectivity index (χ4v) is 5.21. The van der Waals surface area contributed by atoms with Crippen molar-refractivity contribution >= 4 is 21.6 Å². The molecule has 7 nitrogen and oxygen atoms in total. The van der Waals surface area contributed by atoms with E-state index >= 15 is 0 Å². The molecule has 168 valence electrons. The van der Waals surface area contributed by atoms with Crippen LogP contribution in [0.1, 0.15) is 27.0 Å². The highest BCUT2D eigenvalue weighted by Gasteiger charge is 2.30. The number of ether oxygens (including phenoxy) is 1. The number of piperazine rings is 1. The monoisotopic (exact) mass is 445 g/mol. The minimum absolute atomic E-state index is 0.148. The average molecular weight is 446 g/mol. The SMILES string of the molecule is COCCNC(=O)c1cc(S(=O)(=O)N2CCN(c3cccc(C)c3C)CC2)ccc1C. The lowest BCUT2D eigenvalue weighted by Crippen LogP contribution is -2.48. The molecule has 1 fully saturated rings. The first-order valence-corrected chi connectivity index (χ1v) is 11.9. The summed E-state index contributed by atoms with van der Waals surface area (Å²) < 4.78 is 33.0. The molecule has 0 bridgehead atoms. The van der Waals surface area contributed by atoms with Gasteiger partial charge in [-0.3, -0.25) is 4.79 Å².